The Hall–Kier alpha value is 0.0169. The zero-order valence-electron chi connectivity index (χ0n) is 10.0. The Bertz CT molecular complexity index is 367. The van der Waals surface area contributed by atoms with Crippen LogP contribution >= 0.6 is 23.2 Å². The first-order valence-electron chi connectivity index (χ1n) is 5.75. The van der Waals surface area contributed by atoms with E-state index in [0.29, 0.717) is 11.8 Å². The molecule has 0 bridgehead atoms. The van der Waals surface area contributed by atoms with Crippen molar-refractivity contribution in [3.63, 3.8) is 0 Å². The molecule has 1 saturated carbocycles. The molecular weight excluding hydrogens is 255 g/mol. The third-order valence-electron chi connectivity index (χ3n) is 3.19. The summed E-state index contributed by atoms with van der Waals surface area (Å²) in [5.74, 6) is 0.786. The van der Waals surface area contributed by atoms with Gasteiger partial charge in [0.25, 0.3) is 0 Å². The molecule has 1 aromatic carbocycles. The average molecular weight is 273 g/mol. The minimum absolute atomic E-state index is 0.337. The molecule has 0 amide bonds. The second-order valence-electron chi connectivity index (χ2n) is 5.93. The van der Waals surface area contributed by atoms with Gasteiger partial charge in [-0.1, -0.05) is 56.0 Å². The fourth-order valence-corrected chi connectivity index (χ4v) is 5.39. The standard InChI is InChI=1S/C13H18Cl2Si/c1-16(2,3)9-11-12(13(11,14)15)10-7-5-4-6-8-10/h4-8,11-12H,9H2,1-3H3. The summed E-state index contributed by atoms with van der Waals surface area (Å²) in [5.41, 5.74) is 1.29. The molecule has 0 spiro atoms. The van der Waals surface area contributed by atoms with Gasteiger partial charge < -0.3 is 0 Å². The highest BCUT2D eigenvalue weighted by molar-refractivity contribution is 6.76. The van der Waals surface area contributed by atoms with Gasteiger partial charge in [0.05, 0.1) is 0 Å². The van der Waals surface area contributed by atoms with Crippen LogP contribution in [0.1, 0.15) is 11.5 Å². The lowest BCUT2D eigenvalue weighted by Crippen LogP contribution is -2.21. The van der Waals surface area contributed by atoms with Crippen LogP contribution in [-0.4, -0.2) is 12.4 Å². The van der Waals surface area contributed by atoms with Crippen molar-refractivity contribution in [2.75, 3.05) is 0 Å². The van der Waals surface area contributed by atoms with E-state index in [0.717, 1.165) is 0 Å². The SMILES string of the molecule is C[Si](C)(C)CC1C(c2ccccc2)C1(Cl)Cl. The van der Waals surface area contributed by atoms with Crippen LogP contribution < -0.4 is 0 Å². The summed E-state index contributed by atoms with van der Waals surface area (Å²) in [5, 5.41) is 0. The molecule has 2 rings (SSSR count). The van der Waals surface area contributed by atoms with Crippen molar-refractivity contribution in [1.29, 1.82) is 0 Å². The lowest BCUT2D eigenvalue weighted by Gasteiger charge is -2.15. The highest BCUT2D eigenvalue weighted by Crippen LogP contribution is 2.67. The molecule has 1 aromatic rings. The van der Waals surface area contributed by atoms with E-state index < -0.39 is 12.4 Å². The zero-order chi connectivity index (χ0) is 12.0. The van der Waals surface area contributed by atoms with E-state index >= 15 is 0 Å². The number of alkyl halides is 2. The highest BCUT2D eigenvalue weighted by atomic mass is 35.5. The first-order chi connectivity index (χ1) is 7.32. The predicted molar refractivity (Wildman–Crippen MR) is 75.3 cm³/mol. The average Bonchev–Trinajstić information content (AvgIpc) is 2.66. The second kappa shape index (κ2) is 4.04. The van der Waals surface area contributed by atoms with Gasteiger partial charge in [-0.2, -0.15) is 0 Å². The fraction of sp³-hybridized carbons (Fsp3) is 0.538. The number of hydrogen-bond acceptors (Lipinski definition) is 0. The van der Waals surface area contributed by atoms with Crippen molar-refractivity contribution >= 4 is 31.3 Å². The molecule has 16 heavy (non-hydrogen) atoms. The molecule has 0 aliphatic heterocycles. The molecule has 0 radical (unpaired) electrons. The van der Waals surface area contributed by atoms with Crippen LogP contribution in [0.5, 0.6) is 0 Å². The largest absolute Gasteiger partial charge is 0.128 e. The van der Waals surface area contributed by atoms with Gasteiger partial charge in [0, 0.05) is 14.0 Å². The fourth-order valence-electron chi connectivity index (χ4n) is 2.42. The minimum Gasteiger partial charge on any atom is -0.101 e. The minimum atomic E-state index is -1.09. The quantitative estimate of drug-likeness (QED) is 0.542. The normalized spacial score (nSPS) is 27.8. The molecule has 1 aliphatic rings. The number of halogens is 2. The summed E-state index contributed by atoms with van der Waals surface area (Å²) >= 11 is 12.8. The zero-order valence-corrected chi connectivity index (χ0v) is 12.5. The maximum absolute atomic E-state index is 6.40. The van der Waals surface area contributed by atoms with Crippen molar-refractivity contribution in [3.05, 3.63) is 35.9 Å². The summed E-state index contributed by atoms with van der Waals surface area (Å²) < 4.78 is -0.526. The summed E-state index contributed by atoms with van der Waals surface area (Å²) in [6, 6.07) is 11.6. The van der Waals surface area contributed by atoms with E-state index in [2.05, 4.69) is 43.9 Å². The summed E-state index contributed by atoms with van der Waals surface area (Å²) in [4.78, 5) is 0. The predicted octanol–water partition coefficient (Wildman–Crippen LogP) is 4.91. The molecular formula is C13H18Cl2Si. The molecule has 2 atom stereocenters. The molecule has 88 valence electrons. The van der Waals surface area contributed by atoms with E-state index in [1.807, 2.05) is 6.07 Å². The smallest absolute Gasteiger partial charge is 0.101 e. The number of benzene rings is 1. The molecule has 0 heterocycles. The molecule has 0 saturated heterocycles. The molecule has 0 aromatic heterocycles. The van der Waals surface area contributed by atoms with Crippen LogP contribution in [0.4, 0.5) is 0 Å². The maximum Gasteiger partial charge on any atom is 0.128 e. The van der Waals surface area contributed by atoms with Gasteiger partial charge in [-0.3, -0.25) is 0 Å². The van der Waals surface area contributed by atoms with Crippen LogP contribution in [-0.2, 0) is 0 Å². The van der Waals surface area contributed by atoms with Gasteiger partial charge in [0.15, 0.2) is 0 Å². The maximum atomic E-state index is 6.40. The van der Waals surface area contributed by atoms with Gasteiger partial charge in [0.2, 0.25) is 0 Å². The highest BCUT2D eigenvalue weighted by Gasteiger charge is 2.63. The molecule has 0 N–H and O–H groups in total. The summed E-state index contributed by atoms with van der Waals surface area (Å²) in [7, 11) is -1.09. The van der Waals surface area contributed by atoms with Gasteiger partial charge in [0.1, 0.15) is 4.33 Å². The first kappa shape index (κ1) is 12.5. The Morgan fingerprint density at radius 3 is 2.19 bits per heavy atom. The Morgan fingerprint density at radius 2 is 1.69 bits per heavy atom. The summed E-state index contributed by atoms with van der Waals surface area (Å²) in [6.45, 7) is 7.12. The van der Waals surface area contributed by atoms with E-state index in [1.165, 1.54) is 11.6 Å². The van der Waals surface area contributed by atoms with Gasteiger partial charge in [-0.05, 0) is 11.5 Å². The van der Waals surface area contributed by atoms with Crippen molar-refractivity contribution in [1.82, 2.24) is 0 Å². The topological polar surface area (TPSA) is 0 Å². The second-order valence-corrected chi connectivity index (χ2v) is 12.9. The van der Waals surface area contributed by atoms with Crippen LogP contribution in [0.25, 0.3) is 0 Å². The van der Waals surface area contributed by atoms with E-state index in [4.69, 9.17) is 23.2 Å². The molecule has 3 heteroatoms. The molecule has 0 nitrogen and oxygen atoms in total. The van der Waals surface area contributed by atoms with Gasteiger partial charge >= 0.3 is 0 Å². The van der Waals surface area contributed by atoms with E-state index in [1.54, 1.807) is 0 Å². The lowest BCUT2D eigenvalue weighted by atomic mass is 10.1. The lowest BCUT2D eigenvalue weighted by molar-refractivity contribution is 0.886. The van der Waals surface area contributed by atoms with Crippen LogP contribution in [0, 0.1) is 5.92 Å². The Balaban J connectivity index is 2.14. The monoisotopic (exact) mass is 272 g/mol. The van der Waals surface area contributed by atoms with Crippen LogP contribution in [0.2, 0.25) is 25.7 Å². The molecule has 1 aliphatic carbocycles. The van der Waals surface area contributed by atoms with Crippen LogP contribution in [0.15, 0.2) is 30.3 Å². The summed E-state index contributed by atoms with van der Waals surface area (Å²) in [6.07, 6.45) is 0. The third-order valence-corrected chi connectivity index (χ3v) is 5.89. The molecule has 2 unspecified atom stereocenters. The Labute approximate surface area is 109 Å². The third kappa shape index (κ3) is 2.47. The van der Waals surface area contributed by atoms with Crippen LogP contribution in [0.3, 0.4) is 0 Å². The van der Waals surface area contributed by atoms with Crippen molar-refractivity contribution in [2.24, 2.45) is 5.92 Å². The number of hydrogen-bond donors (Lipinski definition) is 0. The van der Waals surface area contributed by atoms with E-state index in [-0.39, 0.29) is 0 Å². The van der Waals surface area contributed by atoms with E-state index in [9.17, 15) is 0 Å². The van der Waals surface area contributed by atoms with Gasteiger partial charge in [-0.25, -0.2) is 0 Å². The first-order valence-corrected chi connectivity index (χ1v) is 10.2. The Kier molecular flexibility index (Phi) is 3.15. The van der Waals surface area contributed by atoms with Crippen molar-refractivity contribution in [2.45, 2.75) is 35.9 Å². The molecule has 1 fully saturated rings. The Morgan fingerprint density at radius 1 is 1.12 bits per heavy atom. The number of rotatable bonds is 3. The van der Waals surface area contributed by atoms with Gasteiger partial charge in [-0.15, -0.1) is 23.2 Å². The van der Waals surface area contributed by atoms with Crippen molar-refractivity contribution in [3.8, 4) is 0 Å². The van der Waals surface area contributed by atoms with Crippen molar-refractivity contribution < 1.29 is 0 Å².